The monoisotopic (exact) mass is 454 g/mol. The molecule has 0 radical (unpaired) electrons. The molecule has 0 spiro atoms. The van der Waals surface area contributed by atoms with Crippen LogP contribution in [0, 0.1) is 11.6 Å². The lowest BCUT2D eigenvalue weighted by Crippen LogP contribution is -2.47. The molecule has 1 fully saturated rings. The SMILES string of the molecule is O=C(NC1CCCC1)C(c1ccccc1F)N(C(=O)Cc1cccs1)c1cccc(F)c1. The van der Waals surface area contributed by atoms with Crippen molar-refractivity contribution in [2.24, 2.45) is 0 Å². The van der Waals surface area contributed by atoms with E-state index in [1.165, 1.54) is 52.6 Å². The van der Waals surface area contributed by atoms with Crippen molar-refractivity contribution in [2.45, 2.75) is 44.2 Å². The van der Waals surface area contributed by atoms with Gasteiger partial charge in [-0.05, 0) is 48.6 Å². The largest absolute Gasteiger partial charge is 0.351 e. The maximum atomic E-state index is 14.9. The first kappa shape index (κ1) is 22.1. The lowest BCUT2D eigenvalue weighted by Gasteiger charge is -2.32. The van der Waals surface area contributed by atoms with Crippen molar-refractivity contribution < 1.29 is 18.4 Å². The van der Waals surface area contributed by atoms with Gasteiger partial charge in [-0.15, -0.1) is 11.3 Å². The molecule has 0 bridgehead atoms. The molecular weight excluding hydrogens is 430 g/mol. The highest BCUT2D eigenvalue weighted by molar-refractivity contribution is 7.10. The Morgan fingerprint density at radius 2 is 1.81 bits per heavy atom. The van der Waals surface area contributed by atoms with Crippen molar-refractivity contribution in [3.8, 4) is 0 Å². The summed E-state index contributed by atoms with van der Waals surface area (Å²) >= 11 is 1.42. The van der Waals surface area contributed by atoms with E-state index in [0.29, 0.717) is 0 Å². The minimum absolute atomic E-state index is 0.0152. The molecule has 1 unspecified atom stereocenters. The van der Waals surface area contributed by atoms with Crippen molar-refractivity contribution in [2.75, 3.05) is 4.90 Å². The van der Waals surface area contributed by atoms with Gasteiger partial charge in [0.15, 0.2) is 0 Å². The minimum Gasteiger partial charge on any atom is -0.351 e. The maximum Gasteiger partial charge on any atom is 0.248 e. The lowest BCUT2D eigenvalue weighted by atomic mass is 10.0. The highest BCUT2D eigenvalue weighted by atomic mass is 32.1. The van der Waals surface area contributed by atoms with Crippen LogP contribution in [0.15, 0.2) is 66.0 Å². The third kappa shape index (κ3) is 5.05. The summed E-state index contributed by atoms with van der Waals surface area (Å²) in [6.45, 7) is 0. The molecule has 7 heteroatoms. The maximum absolute atomic E-state index is 14.9. The molecule has 1 saturated carbocycles. The number of anilines is 1. The Morgan fingerprint density at radius 1 is 1.03 bits per heavy atom. The fraction of sp³-hybridized carbons (Fsp3) is 0.280. The molecule has 2 amide bonds. The van der Waals surface area contributed by atoms with E-state index in [1.807, 2.05) is 17.5 Å². The summed E-state index contributed by atoms with van der Waals surface area (Å²) in [4.78, 5) is 29.0. The normalized spacial score (nSPS) is 14.8. The predicted molar refractivity (Wildman–Crippen MR) is 121 cm³/mol. The minimum atomic E-state index is -1.26. The van der Waals surface area contributed by atoms with E-state index in [2.05, 4.69) is 5.32 Å². The third-order valence-electron chi connectivity index (χ3n) is 5.67. The molecule has 1 atom stereocenters. The lowest BCUT2D eigenvalue weighted by molar-refractivity contribution is -0.127. The van der Waals surface area contributed by atoms with Crippen LogP contribution in [0.4, 0.5) is 14.5 Å². The zero-order valence-electron chi connectivity index (χ0n) is 17.5. The molecule has 1 aromatic heterocycles. The molecule has 1 aliphatic carbocycles. The van der Waals surface area contributed by atoms with Crippen molar-refractivity contribution in [1.82, 2.24) is 5.32 Å². The Labute approximate surface area is 189 Å². The first-order chi connectivity index (χ1) is 15.5. The van der Waals surface area contributed by atoms with Gasteiger partial charge in [0.2, 0.25) is 11.8 Å². The summed E-state index contributed by atoms with van der Waals surface area (Å²) in [5, 5.41) is 4.85. The van der Waals surface area contributed by atoms with Crippen molar-refractivity contribution in [3.63, 3.8) is 0 Å². The second kappa shape index (κ2) is 10.0. The number of thiophene rings is 1. The molecule has 3 aromatic rings. The molecule has 166 valence electrons. The number of carbonyl (C=O) groups is 2. The zero-order chi connectivity index (χ0) is 22.5. The average Bonchev–Trinajstić information content (AvgIpc) is 3.47. The molecule has 0 saturated heterocycles. The van der Waals surface area contributed by atoms with Gasteiger partial charge < -0.3 is 5.32 Å². The van der Waals surface area contributed by atoms with E-state index in [1.54, 1.807) is 12.1 Å². The Bertz CT molecular complexity index is 1080. The van der Waals surface area contributed by atoms with Crippen LogP contribution in [-0.2, 0) is 16.0 Å². The second-order valence-electron chi connectivity index (χ2n) is 7.91. The van der Waals surface area contributed by atoms with Gasteiger partial charge >= 0.3 is 0 Å². The van der Waals surface area contributed by atoms with E-state index in [9.17, 15) is 18.4 Å². The fourth-order valence-corrected chi connectivity index (χ4v) is 4.85. The number of hydrogen-bond acceptors (Lipinski definition) is 3. The number of carbonyl (C=O) groups excluding carboxylic acids is 2. The average molecular weight is 455 g/mol. The third-order valence-corrected chi connectivity index (χ3v) is 6.54. The van der Waals surface area contributed by atoms with Gasteiger partial charge in [-0.1, -0.05) is 43.2 Å². The Balaban J connectivity index is 1.78. The highest BCUT2D eigenvalue weighted by Crippen LogP contribution is 2.32. The summed E-state index contributed by atoms with van der Waals surface area (Å²) in [7, 11) is 0. The van der Waals surface area contributed by atoms with Gasteiger partial charge in [-0.2, -0.15) is 0 Å². The summed E-state index contributed by atoms with van der Waals surface area (Å²) in [5.41, 5.74) is 0.285. The van der Waals surface area contributed by atoms with Crippen molar-refractivity contribution in [1.29, 1.82) is 0 Å². The summed E-state index contributed by atoms with van der Waals surface area (Å²) in [5.74, 6) is -2.01. The summed E-state index contributed by atoms with van der Waals surface area (Å²) in [6.07, 6.45) is 3.74. The quantitative estimate of drug-likeness (QED) is 0.520. The van der Waals surface area contributed by atoms with Crippen molar-refractivity contribution in [3.05, 3.63) is 88.1 Å². The molecule has 0 aliphatic heterocycles. The predicted octanol–water partition coefficient (Wildman–Crippen LogP) is 5.40. The van der Waals surface area contributed by atoms with Gasteiger partial charge in [-0.25, -0.2) is 8.78 Å². The van der Waals surface area contributed by atoms with Crippen LogP contribution in [-0.4, -0.2) is 17.9 Å². The van der Waals surface area contributed by atoms with Crippen molar-refractivity contribution >= 4 is 28.8 Å². The van der Waals surface area contributed by atoms with Crippen LogP contribution < -0.4 is 10.2 Å². The molecule has 1 heterocycles. The first-order valence-corrected chi connectivity index (χ1v) is 11.6. The van der Waals surface area contributed by atoms with E-state index < -0.39 is 29.5 Å². The van der Waals surface area contributed by atoms with E-state index in [0.717, 1.165) is 30.6 Å². The Morgan fingerprint density at radius 3 is 2.50 bits per heavy atom. The van der Waals surface area contributed by atoms with Crippen LogP contribution in [0.3, 0.4) is 0 Å². The summed E-state index contributed by atoms with van der Waals surface area (Å²) < 4.78 is 29.1. The van der Waals surface area contributed by atoms with Crippen LogP contribution in [0.1, 0.15) is 42.2 Å². The second-order valence-corrected chi connectivity index (χ2v) is 8.95. The van der Waals surface area contributed by atoms with Crippen LogP contribution in [0.25, 0.3) is 0 Å². The number of halogens is 2. The molecular formula is C25H24F2N2O2S. The van der Waals surface area contributed by atoms with Gasteiger partial charge in [0.25, 0.3) is 0 Å². The standard InChI is InChI=1S/C25H24F2N2O2S/c26-17-7-5-10-19(15-17)29(23(30)16-20-11-6-14-32-20)24(21-12-3-4-13-22(21)27)25(31)28-18-8-1-2-9-18/h3-7,10-15,18,24H,1-2,8-9,16H2,(H,28,31). The molecule has 4 rings (SSSR count). The first-order valence-electron chi connectivity index (χ1n) is 10.7. The number of nitrogens with one attached hydrogen (secondary N) is 1. The Kier molecular flexibility index (Phi) is 6.95. The van der Waals surface area contributed by atoms with Crippen LogP contribution in [0.5, 0.6) is 0 Å². The number of nitrogens with zero attached hydrogens (tertiary/aromatic N) is 1. The highest BCUT2D eigenvalue weighted by Gasteiger charge is 2.36. The number of amides is 2. The number of benzene rings is 2. The van der Waals surface area contributed by atoms with E-state index in [4.69, 9.17) is 0 Å². The van der Waals surface area contributed by atoms with Gasteiger partial charge in [0, 0.05) is 22.2 Å². The van der Waals surface area contributed by atoms with Gasteiger partial charge in [-0.3, -0.25) is 14.5 Å². The Hall–Kier alpha value is -3.06. The van der Waals surface area contributed by atoms with Gasteiger partial charge in [0.05, 0.1) is 6.42 Å². The number of rotatable bonds is 7. The number of hydrogen-bond donors (Lipinski definition) is 1. The smallest absolute Gasteiger partial charge is 0.248 e. The summed E-state index contributed by atoms with van der Waals surface area (Å²) in [6, 6.07) is 13.8. The van der Waals surface area contributed by atoms with E-state index >= 15 is 0 Å². The van der Waals surface area contributed by atoms with E-state index in [-0.39, 0.29) is 23.7 Å². The molecule has 1 N–H and O–H groups in total. The van der Waals surface area contributed by atoms with Crippen LogP contribution >= 0.6 is 11.3 Å². The van der Waals surface area contributed by atoms with Gasteiger partial charge in [0.1, 0.15) is 17.7 Å². The molecule has 2 aromatic carbocycles. The topological polar surface area (TPSA) is 49.4 Å². The van der Waals surface area contributed by atoms with Crippen LogP contribution in [0.2, 0.25) is 0 Å². The fourth-order valence-electron chi connectivity index (χ4n) is 4.16. The molecule has 1 aliphatic rings. The zero-order valence-corrected chi connectivity index (χ0v) is 18.3. The molecule has 4 nitrogen and oxygen atoms in total. The molecule has 32 heavy (non-hydrogen) atoms.